The molecule has 0 amide bonds. The van der Waals surface area contributed by atoms with Crippen molar-refractivity contribution in [2.24, 2.45) is 12.8 Å². The van der Waals surface area contributed by atoms with E-state index in [1.54, 1.807) is 43.0 Å². The van der Waals surface area contributed by atoms with Crippen LogP contribution in [0.25, 0.3) is 0 Å². The second kappa shape index (κ2) is 4.02. The quantitative estimate of drug-likeness (QED) is 0.830. The monoisotopic (exact) mass is 220 g/mol. The van der Waals surface area contributed by atoms with Crippen molar-refractivity contribution in [2.75, 3.05) is 0 Å². The van der Waals surface area contributed by atoms with Gasteiger partial charge in [0, 0.05) is 12.6 Å². The van der Waals surface area contributed by atoms with Crippen molar-refractivity contribution < 1.29 is 4.39 Å². The first-order valence-electron chi connectivity index (χ1n) is 4.96. The van der Waals surface area contributed by atoms with Crippen molar-refractivity contribution in [2.45, 2.75) is 13.0 Å². The summed E-state index contributed by atoms with van der Waals surface area (Å²) < 4.78 is 15.4. The van der Waals surface area contributed by atoms with Gasteiger partial charge in [0.2, 0.25) is 0 Å². The van der Waals surface area contributed by atoms with Crippen molar-refractivity contribution in [1.29, 1.82) is 0 Å². The molecule has 1 aromatic carbocycles. The summed E-state index contributed by atoms with van der Waals surface area (Å²) in [5.41, 5.74) is 7.72. The van der Waals surface area contributed by atoms with Crippen LogP contribution in [-0.4, -0.2) is 15.0 Å². The molecule has 0 bridgehead atoms. The lowest BCUT2D eigenvalue weighted by Crippen LogP contribution is -2.17. The Morgan fingerprint density at radius 1 is 1.44 bits per heavy atom. The Balaban J connectivity index is 2.46. The van der Waals surface area contributed by atoms with Gasteiger partial charge >= 0.3 is 0 Å². The highest BCUT2D eigenvalue weighted by atomic mass is 19.1. The second-order valence-electron chi connectivity index (χ2n) is 3.74. The SMILES string of the molecule is Cc1cccc(C(N)c2cnnn2C)c1F. The van der Waals surface area contributed by atoms with Crippen molar-refractivity contribution >= 4 is 0 Å². The van der Waals surface area contributed by atoms with Gasteiger partial charge in [-0.2, -0.15) is 0 Å². The van der Waals surface area contributed by atoms with Crippen LogP contribution in [0.3, 0.4) is 0 Å². The highest BCUT2D eigenvalue weighted by Crippen LogP contribution is 2.22. The summed E-state index contributed by atoms with van der Waals surface area (Å²) in [5, 5.41) is 7.51. The van der Waals surface area contributed by atoms with E-state index < -0.39 is 6.04 Å². The van der Waals surface area contributed by atoms with Crippen LogP contribution >= 0.6 is 0 Å². The molecule has 1 unspecified atom stereocenters. The predicted molar refractivity (Wildman–Crippen MR) is 58.2 cm³/mol. The molecule has 0 fully saturated rings. The molecule has 0 aliphatic rings. The Morgan fingerprint density at radius 3 is 2.81 bits per heavy atom. The maximum atomic E-state index is 13.8. The number of aryl methyl sites for hydroxylation is 2. The topological polar surface area (TPSA) is 56.7 Å². The predicted octanol–water partition coefficient (Wildman–Crippen LogP) is 1.31. The molecule has 2 N–H and O–H groups in total. The lowest BCUT2D eigenvalue weighted by atomic mass is 10.0. The average Bonchev–Trinajstić information content (AvgIpc) is 2.68. The minimum Gasteiger partial charge on any atom is -0.319 e. The van der Waals surface area contributed by atoms with Crippen LogP contribution in [-0.2, 0) is 7.05 Å². The summed E-state index contributed by atoms with van der Waals surface area (Å²) in [5.74, 6) is -0.267. The van der Waals surface area contributed by atoms with Crippen LogP contribution in [0, 0.1) is 12.7 Å². The number of rotatable bonds is 2. The zero-order valence-electron chi connectivity index (χ0n) is 9.18. The van der Waals surface area contributed by atoms with Crippen LogP contribution < -0.4 is 5.73 Å². The molecule has 4 nitrogen and oxygen atoms in total. The van der Waals surface area contributed by atoms with Gasteiger partial charge in [-0.15, -0.1) is 5.10 Å². The van der Waals surface area contributed by atoms with E-state index in [-0.39, 0.29) is 5.82 Å². The third-order valence-corrected chi connectivity index (χ3v) is 2.62. The standard InChI is InChI=1S/C11H13FN4/c1-7-4-3-5-8(10(7)12)11(13)9-6-14-15-16(9)2/h3-6,11H,13H2,1-2H3. The zero-order chi connectivity index (χ0) is 11.7. The smallest absolute Gasteiger partial charge is 0.131 e. The minimum atomic E-state index is -0.542. The highest BCUT2D eigenvalue weighted by Gasteiger charge is 2.17. The molecular weight excluding hydrogens is 207 g/mol. The highest BCUT2D eigenvalue weighted by molar-refractivity contribution is 5.31. The fraction of sp³-hybridized carbons (Fsp3) is 0.273. The number of aromatic nitrogens is 3. The summed E-state index contributed by atoms with van der Waals surface area (Å²) in [4.78, 5) is 0. The fourth-order valence-electron chi connectivity index (χ4n) is 1.65. The number of hydrogen-bond acceptors (Lipinski definition) is 3. The lowest BCUT2D eigenvalue weighted by Gasteiger charge is -2.13. The van der Waals surface area contributed by atoms with Gasteiger partial charge in [0.15, 0.2) is 0 Å². The third kappa shape index (κ3) is 1.69. The van der Waals surface area contributed by atoms with Crippen molar-refractivity contribution in [3.8, 4) is 0 Å². The normalized spacial score (nSPS) is 12.8. The van der Waals surface area contributed by atoms with Gasteiger partial charge in [-0.3, -0.25) is 4.68 Å². The van der Waals surface area contributed by atoms with E-state index >= 15 is 0 Å². The van der Waals surface area contributed by atoms with E-state index in [1.165, 1.54) is 0 Å². The molecule has 0 radical (unpaired) electrons. The molecule has 2 aromatic rings. The number of nitrogens with zero attached hydrogens (tertiary/aromatic N) is 3. The summed E-state index contributed by atoms with van der Waals surface area (Å²) in [6, 6.07) is 4.64. The Bertz CT molecular complexity index is 506. The van der Waals surface area contributed by atoms with E-state index in [0.29, 0.717) is 16.8 Å². The molecule has 5 heteroatoms. The second-order valence-corrected chi connectivity index (χ2v) is 3.74. The molecule has 84 valence electrons. The molecule has 16 heavy (non-hydrogen) atoms. The van der Waals surface area contributed by atoms with Crippen molar-refractivity contribution in [3.63, 3.8) is 0 Å². The van der Waals surface area contributed by atoms with Crippen LogP contribution in [0.2, 0.25) is 0 Å². The molecule has 1 aromatic heterocycles. The van der Waals surface area contributed by atoms with Crippen LogP contribution in [0.15, 0.2) is 24.4 Å². The molecule has 0 aliphatic carbocycles. The van der Waals surface area contributed by atoms with Gasteiger partial charge in [-0.1, -0.05) is 23.4 Å². The maximum Gasteiger partial charge on any atom is 0.131 e. The third-order valence-electron chi connectivity index (χ3n) is 2.62. The first-order valence-corrected chi connectivity index (χ1v) is 4.96. The Morgan fingerprint density at radius 2 is 2.19 bits per heavy atom. The molecule has 1 atom stereocenters. The van der Waals surface area contributed by atoms with Gasteiger partial charge in [-0.05, 0) is 12.5 Å². The first-order chi connectivity index (χ1) is 7.61. The van der Waals surface area contributed by atoms with Gasteiger partial charge in [0.1, 0.15) is 5.82 Å². The molecule has 0 aliphatic heterocycles. The number of halogens is 1. The summed E-state index contributed by atoms with van der Waals surface area (Å²) in [6.45, 7) is 1.72. The first kappa shape index (κ1) is 10.8. The van der Waals surface area contributed by atoms with Crippen LogP contribution in [0.1, 0.15) is 22.9 Å². The number of nitrogens with two attached hydrogens (primary N) is 1. The van der Waals surface area contributed by atoms with Gasteiger partial charge in [-0.25, -0.2) is 4.39 Å². The Kier molecular flexibility index (Phi) is 2.70. The number of hydrogen-bond donors (Lipinski definition) is 1. The van der Waals surface area contributed by atoms with E-state index in [9.17, 15) is 4.39 Å². The number of benzene rings is 1. The molecule has 0 saturated carbocycles. The van der Waals surface area contributed by atoms with E-state index in [0.717, 1.165) is 0 Å². The van der Waals surface area contributed by atoms with Crippen LogP contribution in [0.4, 0.5) is 4.39 Å². The Hall–Kier alpha value is -1.75. The van der Waals surface area contributed by atoms with Crippen molar-refractivity contribution in [3.05, 3.63) is 47.0 Å². The Labute approximate surface area is 92.9 Å². The van der Waals surface area contributed by atoms with Gasteiger partial charge < -0.3 is 5.73 Å². The average molecular weight is 220 g/mol. The van der Waals surface area contributed by atoms with E-state index in [4.69, 9.17) is 5.73 Å². The zero-order valence-corrected chi connectivity index (χ0v) is 9.18. The summed E-state index contributed by atoms with van der Waals surface area (Å²) >= 11 is 0. The molecule has 0 saturated heterocycles. The molecular formula is C11H13FN4. The largest absolute Gasteiger partial charge is 0.319 e. The molecule has 2 rings (SSSR count). The van der Waals surface area contributed by atoms with Crippen LogP contribution in [0.5, 0.6) is 0 Å². The lowest BCUT2D eigenvalue weighted by molar-refractivity contribution is 0.577. The minimum absolute atomic E-state index is 0.267. The van der Waals surface area contributed by atoms with E-state index in [1.807, 2.05) is 0 Å². The fourth-order valence-corrected chi connectivity index (χ4v) is 1.65. The van der Waals surface area contributed by atoms with E-state index in [2.05, 4.69) is 10.3 Å². The molecule has 1 heterocycles. The van der Waals surface area contributed by atoms with Crippen molar-refractivity contribution in [1.82, 2.24) is 15.0 Å². The van der Waals surface area contributed by atoms with Gasteiger partial charge in [0.25, 0.3) is 0 Å². The summed E-state index contributed by atoms with van der Waals surface area (Å²) in [7, 11) is 1.73. The maximum absolute atomic E-state index is 13.8. The van der Waals surface area contributed by atoms with Gasteiger partial charge in [0.05, 0.1) is 17.9 Å². The molecule has 0 spiro atoms. The summed E-state index contributed by atoms with van der Waals surface area (Å²) in [6.07, 6.45) is 1.55.